The van der Waals surface area contributed by atoms with Crippen molar-refractivity contribution in [1.82, 2.24) is 5.32 Å². The fourth-order valence-corrected chi connectivity index (χ4v) is 2.97. The molecule has 0 saturated carbocycles. The zero-order chi connectivity index (χ0) is 16.3. The van der Waals surface area contributed by atoms with Crippen LogP contribution in [0.3, 0.4) is 0 Å². The third kappa shape index (κ3) is 5.13. The lowest BCUT2D eigenvalue weighted by Gasteiger charge is -2.31. The summed E-state index contributed by atoms with van der Waals surface area (Å²) in [5, 5.41) is 2.91. The van der Waals surface area contributed by atoms with E-state index in [-0.39, 0.29) is 10.8 Å². The van der Waals surface area contributed by atoms with E-state index in [9.17, 15) is 13.2 Å². The van der Waals surface area contributed by atoms with Crippen LogP contribution in [0.1, 0.15) is 37.6 Å². The van der Waals surface area contributed by atoms with Gasteiger partial charge in [0.1, 0.15) is 0 Å². The molecule has 0 aliphatic carbocycles. The minimum absolute atomic E-state index is 0.133. The molecule has 118 valence electrons. The van der Waals surface area contributed by atoms with Gasteiger partial charge in [-0.15, -0.1) is 0 Å². The number of carbonyl (C=O) groups excluding carboxylic acids is 1. The molecule has 1 aromatic carbocycles. The first-order valence-corrected chi connectivity index (χ1v) is 8.79. The lowest BCUT2D eigenvalue weighted by molar-refractivity contribution is 0.0898. The molecule has 3 N–H and O–H groups in total. The third-order valence-electron chi connectivity index (χ3n) is 3.25. The first-order valence-electron chi connectivity index (χ1n) is 6.90. The standard InChI is InChI=1S/C15H24N2O3S/c1-11(2)9-15(3,10-16)17-14(18)12-6-5-7-13(8-12)21(4,19)20/h5-8,11H,9-10,16H2,1-4H3,(H,17,18). The van der Waals surface area contributed by atoms with Crippen LogP contribution in [0.4, 0.5) is 0 Å². The maximum absolute atomic E-state index is 12.3. The van der Waals surface area contributed by atoms with Crippen LogP contribution in [0, 0.1) is 5.92 Å². The van der Waals surface area contributed by atoms with Crippen LogP contribution in [0.15, 0.2) is 29.2 Å². The highest BCUT2D eigenvalue weighted by Gasteiger charge is 2.26. The summed E-state index contributed by atoms with van der Waals surface area (Å²) in [4.78, 5) is 12.5. The molecule has 0 fully saturated rings. The molecule has 1 atom stereocenters. The Morgan fingerprint density at radius 2 is 2.00 bits per heavy atom. The van der Waals surface area contributed by atoms with E-state index in [1.54, 1.807) is 12.1 Å². The topological polar surface area (TPSA) is 89.3 Å². The number of hydrogen-bond donors (Lipinski definition) is 2. The number of carbonyl (C=O) groups is 1. The van der Waals surface area contributed by atoms with Gasteiger partial charge < -0.3 is 11.1 Å². The van der Waals surface area contributed by atoms with Crippen LogP contribution in [-0.4, -0.2) is 32.7 Å². The smallest absolute Gasteiger partial charge is 0.251 e. The zero-order valence-corrected chi connectivity index (χ0v) is 13.8. The monoisotopic (exact) mass is 312 g/mol. The fourth-order valence-electron chi connectivity index (χ4n) is 2.30. The van der Waals surface area contributed by atoms with E-state index in [2.05, 4.69) is 19.2 Å². The van der Waals surface area contributed by atoms with Gasteiger partial charge in [-0.1, -0.05) is 19.9 Å². The molecule has 1 amide bonds. The molecule has 0 saturated heterocycles. The molecule has 1 aromatic rings. The quantitative estimate of drug-likeness (QED) is 0.834. The summed E-state index contributed by atoms with van der Waals surface area (Å²) >= 11 is 0. The predicted octanol–water partition coefficient (Wildman–Crippen LogP) is 1.58. The lowest BCUT2D eigenvalue weighted by Crippen LogP contribution is -2.52. The molecular formula is C15H24N2O3S. The Kier molecular flexibility index (Phi) is 5.53. The van der Waals surface area contributed by atoms with Gasteiger partial charge in [0, 0.05) is 23.9 Å². The van der Waals surface area contributed by atoms with Gasteiger partial charge >= 0.3 is 0 Å². The van der Waals surface area contributed by atoms with E-state index in [1.165, 1.54) is 12.1 Å². The van der Waals surface area contributed by atoms with Gasteiger partial charge in [-0.05, 0) is 37.5 Å². The van der Waals surface area contributed by atoms with E-state index in [0.717, 1.165) is 12.7 Å². The van der Waals surface area contributed by atoms with Crippen LogP contribution in [0.25, 0.3) is 0 Å². The van der Waals surface area contributed by atoms with Gasteiger partial charge in [0.2, 0.25) is 0 Å². The molecule has 21 heavy (non-hydrogen) atoms. The van der Waals surface area contributed by atoms with Crippen molar-refractivity contribution in [2.45, 2.75) is 37.6 Å². The van der Waals surface area contributed by atoms with Crippen molar-refractivity contribution in [3.63, 3.8) is 0 Å². The first-order chi connectivity index (χ1) is 9.57. The number of sulfone groups is 1. The molecule has 1 unspecified atom stereocenters. The van der Waals surface area contributed by atoms with E-state index in [0.29, 0.717) is 18.0 Å². The minimum atomic E-state index is -3.33. The summed E-state index contributed by atoms with van der Waals surface area (Å²) in [6.07, 6.45) is 1.87. The summed E-state index contributed by atoms with van der Waals surface area (Å²) in [6.45, 7) is 6.34. The van der Waals surface area contributed by atoms with Gasteiger partial charge in [-0.3, -0.25) is 4.79 Å². The SMILES string of the molecule is CC(C)CC(C)(CN)NC(=O)c1cccc(S(C)(=O)=O)c1. The molecule has 0 bridgehead atoms. The average Bonchev–Trinajstić information content (AvgIpc) is 2.37. The highest BCUT2D eigenvalue weighted by atomic mass is 32.2. The second-order valence-corrected chi connectivity index (χ2v) is 8.13. The Morgan fingerprint density at radius 3 is 2.48 bits per heavy atom. The lowest BCUT2D eigenvalue weighted by atomic mass is 9.90. The molecule has 0 heterocycles. The number of benzene rings is 1. The maximum atomic E-state index is 12.3. The molecular weight excluding hydrogens is 288 g/mol. The largest absolute Gasteiger partial charge is 0.346 e. The predicted molar refractivity (Wildman–Crippen MR) is 83.9 cm³/mol. The van der Waals surface area contributed by atoms with E-state index < -0.39 is 15.4 Å². The molecule has 0 radical (unpaired) electrons. The molecule has 1 rings (SSSR count). The maximum Gasteiger partial charge on any atom is 0.251 e. The Morgan fingerprint density at radius 1 is 1.38 bits per heavy atom. The van der Waals surface area contributed by atoms with Crippen LogP contribution >= 0.6 is 0 Å². The minimum Gasteiger partial charge on any atom is -0.346 e. The van der Waals surface area contributed by atoms with E-state index >= 15 is 0 Å². The van der Waals surface area contributed by atoms with Crippen molar-refractivity contribution in [2.75, 3.05) is 12.8 Å². The van der Waals surface area contributed by atoms with Crippen LogP contribution < -0.4 is 11.1 Å². The van der Waals surface area contributed by atoms with Gasteiger partial charge in [0.05, 0.1) is 4.90 Å². The number of nitrogens with two attached hydrogens (primary N) is 1. The van der Waals surface area contributed by atoms with Crippen LogP contribution in [0.5, 0.6) is 0 Å². The van der Waals surface area contributed by atoms with Gasteiger partial charge in [0.25, 0.3) is 5.91 Å². The highest BCUT2D eigenvalue weighted by molar-refractivity contribution is 7.90. The number of amides is 1. The van der Waals surface area contributed by atoms with Crippen molar-refractivity contribution < 1.29 is 13.2 Å². The summed E-state index contributed by atoms with van der Waals surface area (Å²) in [7, 11) is -3.33. The summed E-state index contributed by atoms with van der Waals surface area (Å²) in [5.41, 5.74) is 5.58. The highest BCUT2D eigenvalue weighted by Crippen LogP contribution is 2.17. The van der Waals surface area contributed by atoms with Crippen molar-refractivity contribution in [2.24, 2.45) is 11.7 Å². The number of nitrogens with one attached hydrogen (secondary N) is 1. The Hall–Kier alpha value is -1.40. The third-order valence-corrected chi connectivity index (χ3v) is 4.36. The van der Waals surface area contributed by atoms with Gasteiger partial charge in [-0.2, -0.15) is 0 Å². The second-order valence-electron chi connectivity index (χ2n) is 6.12. The molecule has 0 aromatic heterocycles. The summed E-state index contributed by atoms with van der Waals surface area (Å²) in [5.74, 6) is 0.0790. The normalized spacial score (nSPS) is 14.8. The Labute approximate surface area is 126 Å². The van der Waals surface area contributed by atoms with Gasteiger partial charge in [-0.25, -0.2) is 8.42 Å². The zero-order valence-electron chi connectivity index (χ0n) is 13.0. The summed E-state index contributed by atoms with van der Waals surface area (Å²) < 4.78 is 23.1. The van der Waals surface area contributed by atoms with Crippen molar-refractivity contribution >= 4 is 15.7 Å². The average molecular weight is 312 g/mol. The molecule has 0 aliphatic rings. The molecule has 6 heteroatoms. The van der Waals surface area contributed by atoms with Gasteiger partial charge in [0.15, 0.2) is 9.84 Å². The number of hydrogen-bond acceptors (Lipinski definition) is 4. The van der Waals surface area contributed by atoms with Crippen molar-refractivity contribution in [3.05, 3.63) is 29.8 Å². The Bertz CT molecular complexity index is 611. The summed E-state index contributed by atoms with van der Waals surface area (Å²) in [6, 6.07) is 6.02. The van der Waals surface area contributed by atoms with Crippen LogP contribution in [0.2, 0.25) is 0 Å². The van der Waals surface area contributed by atoms with Crippen molar-refractivity contribution in [1.29, 1.82) is 0 Å². The fraction of sp³-hybridized carbons (Fsp3) is 0.533. The van der Waals surface area contributed by atoms with E-state index in [1.807, 2.05) is 6.92 Å². The van der Waals surface area contributed by atoms with Crippen molar-refractivity contribution in [3.8, 4) is 0 Å². The molecule has 0 spiro atoms. The Balaban J connectivity index is 2.99. The molecule has 5 nitrogen and oxygen atoms in total. The van der Waals surface area contributed by atoms with Crippen LogP contribution in [-0.2, 0) is 9.84 Å². The van der Waals surface area contributed by atoms with E-state index in [4.69, 9.17) is 5.73 Å². The first kappa shape index (κ1) is 17.7. The second kappa shape index (κ2) is 6.58. The molecule has 0 aliphatic heterocycles. The number of rotatable bonds is 6.